The average Bonchev–Trinajstić information content (AvgIpc) is 3.32. The van der Waals surface area contributed by atoms with Crippen molar-refractivity contribution in [2.45, 2.75) is 33.6 Å². The first kappa shape index (κ1) is 23.2. The smallest absolute Gasteiger partial charge is 0.294 e. The molecule has 0 saturated heterocycles. The molecule has 2 amide bonds. The van der Waals surface area contributed by atoms with E-state index in [1.165, 1.54) is 4.68 Å². The van der Waals surface area contributed by atoms with E-state index < -0.39 is 11.8 Å². The van der Waals surface area contributed by atoms with Crippen molar-refractivity contribution in [3.8, 4) is 5.69 Å². The Bertz CT molecular complexity index is 1560. The highest BCUT2D eigenvalue weighted by Gasteiger charge is 2.48. The van der Waals surface area contributed by atoms with Gasteiger partial charge in [0, 0.05) is 17.3 Å². The molecule has 4 aromatic rings. The zero-order chi connectivity index (χ0) is 25.4. The molecule has 180 valence electrons. The number of H-pyrrole nitrogens is 1. The number of pyridine rings is 1. The molecule has 3 heterocycles. The van der Waals surface area contributed by atoms with Crippen LogP contribution < -0.4 is 15.0 Å². The predicted octanol–water partition coefficient (Wildman–Crippen LogP) is 3.96. The summed E-state index contributed by atoms with van der Waals surface area (Å²) in [5.41, 5.74) is 3.82. The molecular weight excluding hydrogens is 452 g/mol. The highest BCUT2D eigenvalue weighted by molar-refractivity contribution is 6.53. The molecule has 0 bridgehead atoms. The van der Waals surface area contributed by atoms with E-state index in [2.05, 4.69) is 5.10 Å². The fraction of sp³-hybridized carbons (Fsp3) is 0.172. The Morgan fingerprint density at radius 3 is 2.19 bits per heavy atom. The van der Waals surface area contributed by atoms with Gasteiger partial charge in [-0.1, -0.05) is 49.2 Å². The third-order valence-electron chi connectivity index (χ3n) is 6.29. The summed E-state index contributed by atoms with van der Waals surface area (Å²) >= 11 is 0. The molecule has 1 aliphatic rings. The number of rotatable bonds is 6. The van der Waals surface area contributed by atoms with Crippen LogP contribution in [0.15, 0.2) is 83.9 Å². The number of hydrogen-bond donors (Lipinski definition) is 1. The zero-order valence-electron chi connectivity index (χ0n) is 20.5. The summed E-state index contributed by atoms with van der Waals surface area (Å²) in [4.78, 5) is 42.9. The summed E-state index contributed by atoms with van der Waals surface area (Å²) in [5, 5.41) is 3.20. The summed E-state index contributed by atoms with van der Waals surface area (Å²) < 4.78 is 3.09. The van der Waals surface area contributed by atoms with Crippen LogP contribution in [0.5, 0.6) is 0 Å². The number of carbonyl (C=O) groups is 2. The lowest BCUT2D eigenvalue weighted by Crippen LogP contribution is -2.39. The molecule has 0 spiro atoms. The van der Waals surface area contributed by atoms with Gasteiger partial charge < -0.3 is 0 Å². The number of para-hydroxylation sites is 1. The predicted molar refractivity (Wildman–Crippen MR) is 139 cm³/mol. The number of nitrogens with zero attached hydrogens (tertiary/aromatic N) is 3. The van der Waals surface area contributed by atoms with E-state index >= 15 is 0 Å². The molecule has 7 heteroatoms. The van der Waals surface area contributed by atoms with E-state index in [1.807, 2.05) is 75.4 Å². The topological polar surface area (TPSA) is 79.1 Å². The van der Waals surface area contributed by atoms with Crippen molar-refractivity contribution in [3.63, 3.8) is 0 Å². The van der Waals surface area contributed by atoms with Crippen LogP contribution in [-0.2, 0) is 16.0 Å². The van der Waals surface area contributed by atoms with Crippen LogP contribution in [0.1, 0.15) is 35.7 Å². The van der Waals surface area contributed by atoms with E-state index in [9.17, 15) is 14.4 Å². The quantitative estimate of drug-likeness (QED) is 0.336. The van der Waals surface area contributed by atoms with E-state index in [1.54, 1.807) is 29.1 Å². The zero-order valence-corrected chi connectivity index (χ0v) is 20.5. The van der Waals surface area contributed by atoms with Gasteiger partial charge in [-0.25, -0.2) is 9.58 Å². The second-order valence-electron chi connectivity index (χ2n) is 8.98. The van der Waals surface area contributed by atoms with Gasteiger partial charge in [0.1, 0.15) is 5.57 Å². The van der Waals surface area contributed by atoms with Gasteiger partial charge in [0.2, 0.25) is 0 Å². The SMILES string of the molecule is CCCc1[nH]n(-c2ccccc2)c(=O)c1C1=C([n+]2cccc(C)c2)C(=O)N(c2ccc(C)cc2)C1=O. The van der Waals surface area contributed by atoms with E-state index in [4.69, 9.17) is 0 Å². The van der Waals surface area contributed by atoms with Crippen LogP contribution in [0.2, 0.25) is 0 Å². The van der Waals surface area contributed by atoms with Crippen molar-refractivity contribution < 1.29 is 14.2 Å². The average molecular weight is 480 g/mol. The van der Waals surface area contributed by atoms with Crippen molar-refractivity contribution in [2.75, 3.05) is 4.90 Å². The minimum Gasteiger partial charge on any atom is -0.294 e. The molecule has 0 aliphatic carbocycles. The lowest BCUT2D eigenvalue weighted by Gasteiger charge is -2.14. The first-order valence-electron chi connectivity index (χ1n) is 12.0. The van der Waals surface area contributed by atoms with Crippen LogP contribution >= 0.6 is 0 Å². The summed E-state index contributed by atoms with van der Waals surface area (Å²) in [6.45, 7) is 5.86. The van der Waals surface area contributed by atoms with Crippen molar-refractivity contribution in [1.29, 1.82) is 0 Å². The number of imide groups is 1. The van der Waals surface area contributed by atoms with Crippen molar-refractivity contribution >= 4 is 28.8 Å². The van der Waals surface area contributed by atoms with E-state index in [0.29, 0.717) is 23.5 Å². The number of nitrogens with one attached hydrogen (secondary N) is 1. The van der Waals surface area contributed by atoms with Crippen molar-refractivity contribution in [1.82, 2.24) is 9.78 Å². The maximum absolute atomic E-state index is 14.0. The normalized spacial score (nSPS) is 13.7. The molecule has 2 aromatic carbocycles. The number of benzene rings is 2. The minimum atomic E-state index is -0.512. The molecule has 1 aliphatic heterocycles. The van der Waals surface area contributed by atoms with Crippen LogP contribution in [0.4, 0.5) is 5.69 Å². The highest BCUT2D eigenvalue weighted by Crippen LogP contribution is 2.33. The summed E-state index contributed by atoms with van der Waals surface area (Å²) in [7, 11) is 0. The Morgan fingerprint density at radius 1 is 0.806 bits per heavy atom. The summed E-state index contributed by atoms with van der Waals surface area (Å²) in [5.74, 6) is -0.981. The lowest BCUT2D eigenvalue weighted by atomic mass is 10.0. The second kappa shape index (κ2) is 9.26. The Morgan fingerprint density at radius 2 is 1.53 bits per heavy atom. The molecule has 5 rings (SSSR count). The fourth-order valence-electron chi connectivity index (χ4n) is 4.57. The number of aromatic nitrogens is 3. The van der Waals surface area contributed by atoms with Gasteiger partial charge in [-0.15, -0.1) is 0 Å². The van der Waals surface area contributed by atoms with Crippen LogP contribution in [0.25, 0.3) is 17.0 Å². The number of hydrogen-bond acceptors (Lipinski definition) is 3. The lowest BCUT2D eigenvalue weighted by molar-refractivity contribution is -0.577. The number of aromatic amines is 1. The summed E-state index contributed by atoms with van der Waals surface area (Å²) in [6.07, 6.45) is 4.83. The van der Waals surface area contributed by atoms with Gasteiger partial charge >= 0.3 is 5.91 Å². The molecule has 7 nitrogen and oxygen atoms in total. The maximum atomic E-state index is 14.0. The van der Waals surface area contributed by atoms with Gasteiger partial charge in [-0.3, -0.25) is 19.5 Å². The monoisotopic (exact) mass is 479 g/mol. The Kier molecular flexibility index (Phi) is 5.98. The van der Waals surface area contributed by atoms with Gasteiger partial charge in [-0.2, -0.15) is 4.57 Å². The molecule has 0 saturated carbocycles. The van der Waals surface area contributed by atoms with Crippen molar-refractivity contribution in [2.24, 2.45) is 0 Å². The Balaban J connectivity index is 1.79. The number of aryl methyl sites for hydroxylation is 3. The van der Waals surface area contributed by atoms with Crippen LogP contribution in [0.3, 0.4) is 0 Å². The molecule has 1 N–H and O–H groups in total. The second-order valence-corrected chi connectivity index (χ2v) is 8.98. The fourth-order valence-corrected chi connectivity index (χ4v) is 4.57. The minimum absolute atomic E-state index is 0.107. The molecular formula is C29H27N4O3+. The Hall–Kier alpha value is -4.52. The van der Waals surface area contributed by atoms with Crippen LogP contribution in [0, 0.1) is 13.8 Å². The maximum Gasteiger partial charge on any atom is 0.331 e. The number of amides is 2. The first-order chi connectivity index (χ1) is 17.4. The summed E-state index contributed by atoms with van der Waals surface area (Å²) in [6, 6.07) is 20.1. The third kappa shape index (κ3) is 3.88. The van der Waals surface area contributed by atoms with Crippen molar-refractivity contribution in [3.05, 3.63) is 112 Å². The first-order valence-corrected chi connectivity index (χ1v) is 12.0. The Labute approximate surface area is 208 Å². The van der Waals surface area contributed by atoms with Gasteiger partial charge in [0.05, 0.1) is 16.9 Å². The number of carbonyl (C=O) groups excluding carboxylic acids is 2. The molecule has 2 aromatic heterocycles. The molecule has 0 unspecified atom stereocenters. The highest BCUT2D eigenvalue weighted by atomic mass is 16.2. The largest absolute Gasteiger partial charge is 0.331 e. The third-order valence-corrected chi connectivity index (χ3v) is 6.29. The molecule has 36 heavy (non-hydrogen) atoms. The molecule has 0 radical (unpaired) electrons. The van der Waals surface area contributed by atoms with Crippen LogP contribution in [-0.4, -0.2) is 21.6 Å². The van der Waals surface area contributed by atoms with Gasteiger partial charge in [-0.05, 0) is 50.6 Å². The number of anilines is 1. The molecule has 0 atom stereocenters. The molecule has 0 fully saturated rings. The van der Waals surface area contributed by atoms with E-state index in [0.717, 1.165) is 22.4 Å². The van der Waals surface area contributed by atoms with Gasteiger partial charge in [0.15, 0.2) is 12.4 Å². The standard InChI is InChI=1S/C29H26N4O3/c1-4-9-23-24(28(35)33(30-23)22-11-6-5-7-12-22)25-26(31-17-8-10-20(3)18-31)29(36)32(27(25)34)21-15-13-19(2)14-16-21/h5-8,10-18H,4,9H2,1-3H3/p+1. The van der Waals surface area contributed by atoms with E-state index in [-0.39, 0.29) is 22.4 Å². The van der Waals surface area contributed by atoms with Gasteiger partial charge in [0.25, 0.3) is 17.2 Å².